The van der Waals surface area contributed by atoms with Crippen molar-refractivity contribution in [1.82, 2.24) is 4.31 Å². The summed E-state index contributed by atoms with van der Waals surface area (Å²) in [5.74, 6) is -0.593. The van der Waals surface area contributed by atoms with Crippen molar-refractivity contribution in [2.24, 2.45) is 0 Å². The smallest absolute Gasteiger partial charge is 0.268 e. The topological polar surface area (TPSA) is 71.5 Å². The summed E-state index contributed by atoms with van der Waals surface area (Å²) in [6.45, 7) is 12.0. The maximum Gasteiger partial charge on any atom is 0.268 e. The van der Waals surface area contributed by atoms with Gasteiger partial charge in [-0.15, -0.1) is 0 Å². The number of rotatable bonds is 6. The highest BCUT2D eigenvalue weighted by Crippen LogP contribution is 2.39. The molecule has 1 aliphatic heterocycles. The lowest BCUT2D eigenvalue weighted by Crippen LogP contribution is -2.49. The lowest BCUT2D eigenvalue weighted by molar-refractivity contribution is -0.121. The normalized spacial score (nSPS) is 17.4. The number of aryl methyl sites for hydroxylation is 1. The second-order valence-corrected chi connectivity index (χ2v) is 17.1. The van der Waals surface area contributed by atoms with Crippen LogP contribution >= 0.6 is 0 Å². The first-order valence-electron chi connectivity index (χ1n) is 10.7. The van der Waals surface area contributed by atoms with E-state index in [4.69, 9.17) is 0 Å². The summed E-state index contributed by atoms with van der Waals surface area (Å²) >= 11 is 0. The second-order valence-electron chi connectivity index (χ2n) is 9.94. The maximum absolute atomic E-state index is 13.5. The van der Waals surface area contributed by atoms with E-state index >= 15 is 0 Å². The number of amides is 1. The van der Waals surface area contributed by atoms with Crippen LogP contribution in [-0.4, -0.2) is 38.2 Å². The Morgan fingerprint density at radius 1 is 1.00 bits per heavy atom. The van der Waals surface area contributed by atoms with E-state index in [0.717, 1.165) is 9.87 Å². The number of benzene rings is 2. The van der Waals surface area contributed by atoms with Crippen molar-refractivity contribution in [3.05, 3.63) is 71.8 Å². The highest BCUT2D eigenvalue weighted by Gasteiger charge is 2.47. The predicted octanol–water partition coefficient (Wildman–Crippen LogP) is 4.99. The number of sulfonamides is 1. The molecule has 7 heteroatoms. The van der Waals surface area contributed by atoms with E-state index in [2.05, 4.69) is 0 Å². The van der Waals surface area contributed by atoms with Crippen LogP contribution in [0.5, 0.6) is 0 Å². The Bertz CT molecular complexity index is 1160. The molecule has 0 radical (unpaired) electrons. The van der Waals surface area contributed by atoms with E-state index in [0.29, 0.717) is 11.1 Å². The average Bonchev–Trinajstić information content (AvgIpc) is 3.04. The van der Waals surface area contributed by atoms with Crippen LogP contribution in [0.3, 0.4) is 0 Å². The van der Waals surface area contributed by atoms with E-state index < -0.39 is 30.0 Å². The van der Waals surface area contributed by atoms with Gasteiger partial charge in [-0.2, -0.15) is 0 Å². The van der Waals surface area contributed by atoms with Crippen molar-refractivity contribution in [1.29, 1.82) is 0 Å². The summed E-state index contributed by atoms with van der Waals surface area (Å²) in [6.07, 6.45) is 1.64. The highest BCUT2D eigenvalue weighted by atomic mass is 32.2. The fourth-order valence-corrected chi connectivity index (χ4v) is 6.63. The number of nitrogens with zero attached hydrogens (tertiary/aromatic N) is 1. The minimum Gasteiger partial charge on any atom is -0.305 e. The quantitative estimate of drug-likeness (QED) is 0.559. The Morgan fingerprint density at radius 3 is 2.09 bits per heavy atom. The van der Waals surface area contributed by atoms with Crippen LogP contribution in [0, 0.1) is 6.92 Å². The molecule has 1 aliphatic rings. The molecule has 0 bridgehead atoms. The molecule has 1 amide bonds. The molecule has 0 aliphatic carbocycles. The van der Waals surface area contributed by atoms with Gasteiger partial charge >= 0.3 is 0 Å². The first kappa shape index (κ1) is 24.1. The lowest BCUT2D eigenvalue weighted by atomic mass is 10.1. The van der Waals surface area contributed by atoms with E-state index in [1.807, 2.05) is 46.9 Å². The van der Waals surface area contributed by atoms with Crippen LogP contribution in [0.25, 0.3) is 5.57 Å². The minimum absolute atomic E-state index is 0.0103. The standard InChI is InChI=1S/C25H31NO4SSi/c1-18-12-14-21(15-13-18)31(29,30)26-20(17-23(27)32(5,6)25(2,3)4)16-22(24(26)28)19-10-8-7-9-11-19/h7-16,20H,17H2,1-6H3. The zero-order chi connectivity index (χ0) is 23.9. The van der Waals surface area contributed by atoms with Gasteiger partial charge in [-0.05, 0) is 35.7 Å². The summed E-state index contributed by atoms with van der Waals surface area (Å²) in [4.78, 5) is 26.8. The first-order valence-corrected chi connectivity index (χ1v) is 15.2. The molecule has 170 valence electrons. The average molecular weight is 470 g/mol. The van der Waals surface area contributed by atoms with Gasteiger partial charge in [-0.1, -0.05) is 81.9 Å². The van der Waals surface area contributed by atoms with E-state index in [9.17, 15) is 18.0 Å². The number of carbonyl (C=O) groups excluding carboxylic acids is 2. The van der Waals surface area contributed by atoms with Gasteiger partial charge in [0.2, 0.25) is 0 Å². The molecular formula is C25H31NO4SSi. The van der Waals surface area contributed by atoms with Crippen LogP contribution in [0.4, 0.5) is 0 Å². The van der Waals surface area contributed by atoms with Gasteiger partial charge in [-0.25, -0.2) is 12.7 Å². The zero-order valence-electron chi connectivity index (χ0n) is 19.5. The molecule has 32 heavy (non-hydrogen) atoms. The van der Waals surface area contributed by atoms with Crippen molar-refractivity contribution in [3.8, 4) is 0 Å². The van der Waals surface area contributed by atoms with Crippen molar-refractivity contribution < 1.29 is 18.0 Å². The van der Waals surface area contributed by atoms with Crippen LogP contribution in [-0.2, 0) is 19.6 Å². The first-order chi connectivity index (χ1) is 14.8. The van der Waals surface area contributed by atoms with Gasteiger partial charge in [0.05, 0.1) is 10.9 Å². The third-order valence-corrected chi connectivity index (χ3v) is 13.9. The van der Waals surface area contributed by atoms with Crippen LogP contribution in [0.15, 0.2) is 65.6 Å². The lowest BCUT2D eigenvalue weighted by Gasteiger charge is -2.36. The summed E-state index contributed by atoms with van der Waals surface area (Å²) in [7, 11) is -6.50. The van der Waals surface area contributed by atoms with Gasteiger partial charge in [0.1, 0.15) is 13.5 Å². The Hall–Kier alpha value is -2.51. The van der Waals surface area contributed by atoms with Gasteiger partial charge in [0.25, 0.3) is 15.9 Å². The Morgan fingerprint density at radius 2 is 1.56 bits per heavy atom. The molecule has 1 atom stereocenters. The largest absolute Gasteiger partial charge is 0.305 e. The molecule has 5 nitrogen and oxygen atoms in total. The summed E-state index contributed by atoms with van der Waals surface area (Å²) in [5, 5.41) is -0.128. The highest BCUT2D eigenvalue weighted by molar-refractivity contribution is 7.89. The number of hydrogen-bond acceptors (Lipinski definition) is 4. The monoisotopic (exact) mass is 469 g/mol. The third-order valence-electron chi connectivity index (χ3n) is 6.72. The van der Waals surface area contributed by atoms with Crippen molar-refractivity contribution in [3.63, 3.8) is 0 Å². The molecule has 2 aromatic carbocycles. The van der Waals surface area contributed by atoms with E-state index in [-0.39, 0.29) is 21.8 Å². The van der Waals surface area contributed by atoms with Crippen LogP contribution in [0.2, 0.25) is 18.1 Å². The molecule has 0 saturated carbocycles. The Kier molecular flexibility index (Phi) is 6.37. The molecular weight excluding hydrogens is 438 g/mol. The predicted molar refractivity (Wildman–Crippen MR) is 130 cm³/mol. The van der Waals surface area contributed by atoms with E-state index in [1.165, 1.54) is 12.1 Å². The molecule has 0 fully saturated rings. The van der Waals surface area contributed by atoms with Crippen molar-refractivity contribution in [2.75, 3.05) is 0 Å². The SMILES string of the molecule is Cc1ccc(S(=O)(=O)N2C(=O)C(c3ccccc3)=CC2CC(=O)[Si](C)(C)C(C)(C)C)cc1. The molecule has 1 unspecified atom stereocenters. The third kappa shape index (κ3) is 4.36. The molecule has 3 rings (SSSR count). The summed E-state index contributed by atoms with van der Waals surface area (Å²) < 4.78 is 28.0. The van der Waals surface area contributed by atoms with E-state index in [1.54, 1.807) is 42.5 Å². The van der Waals surface area contributed by atoms with Crippen molar-refractivity contribution >= 4 is 35.0 Å². The molecule has 2 aromatic rings. The second kappa shape index (κ2) is 8.44. The molecule has 1 heterocycles. The summed E-state index contributed by atoms with van der Waals surface area (Å²) in [5.41, 5.74) is 1.88. The number of hydrogen-bond donors (Lipinski definition) is 0. The zero-order valence-corrected chi connectivity index (χ0v) is 21.4. The maximum atomic E-state index is 13.5. The molecule has 0 N–H and O–H groups in total. The Labute approximate surface area is 192 Å². The molecule has 0 saturated heterocycles. The van der Waals surface area contributed by atoms with Crippen molar-refractivity contribution in [2.45, 2.75) is 63.2 Å². The Balaban J connectivity index is 2.07. The van der Waals surface area contributed by atoms with Crippen LogP contribution in [0.1, 0.15) is 38.3 Å². The molecule has 0 spiro atoms. The van der Waals surface area contributed by atoms with Gasteiger partial charge in [0, 0.05) is 12.0 Å². The minimum atomic E-state index is -4.13. The summed E-state index contributed by atoms with van der Waals surface area (Å²) in [6, 6.07) is 14.6. The van der Waals surface area contributed by atoms with Gasteiger partial charge in [-0.3, -0.25) is 4.79 Å². The van der Waals surface area contributed by atoms with Gasteiger partial charge in [0.15, 0.2) is 0 Å². The fourth-order valence-electron chi connectivity index (χ4n) is 3.55. The fraction of sp³-hybridized carbons (Fsp3) is 0.360. The number of carbonyl (C=O) groups is 2. The van der Waals surface area contributed by atoms with Crippen LogP contribution < -0.4 is 0 Å². The van der Waals surface area contributed by atoms with Gasteiger partial charge < -0.3 is 4.79 Å². The molecule has 0 aromatic heterocycles.